The third-order valence-corrected chi connectivity index (χ3v) is 4.42. The largest absolute Gasteiger partial charge is 0.355 e. The van der Waals surface area contributed by atoms with E-state index in [-0.39, 0.29) is 11.8 Å². The van der Waals surface area contributed by atoms with E-state index in [9.17, 15) is 9.59 Å². The SMILES string of the molecule is CCNC(=O)[C@H](CC)N(CCc1ccccc1)C(=O)Cc1ccccc1. The van der Waals surface area contributed by atoms with Gasteiger partial charge >= 0.3 is 0 Å². The fourth-order valence-electron chi connectivity index (χ4n) is 3.06. The van der Waals surface area contributed by atoms with Crippen LogP contribution in [0.5, 0.6) is 0 Å². The predicted molar refractivity (Wildman–Crippen MR) is 105 cm³/mol. The average Bonchev–Trinajstić information content (AvgIpc) is 2.66. The molecule has 0 unspecified atom stereocenters. The molecule has 0 fully saturated rings. The van der Waals surface area contributed by atoms with Crippen LogP contribution in [0, 0.1) is 0 Å². The van der Waals surface area contributed by atoms with Crippen LogP contribution >= 0.6 is 0 Å². The van der Waals surface area contributed by atoms with Crippen LogP contribution in [0.1, 0.15) is 31.4 Å². The van der Waals surface area contributed by atoms with Gasteiger partial charge in [-0.15, -0.1) is 0 Å². The van der Waals surface area contributed by atoms with Gasteiger partial charge in [-0.05, 0) is 30.9 Å². The molecule has 138 valence electrons. The summed E-state index contributed by atoms with van der Waals surface area (Å²) in [4.78, 5) is 27.2. The molecule has 0 aromatic heterocycles. The molecule has 0 aliphatic heterocycles. The van der Waals surface area contributed by atoms with E-state index in [2.05, 4.69) is 5.32 Å². The molecule has 0 saturated carbocycles. The Morgan fingerprint density at radius 1 is 0.923 bits per heavy atom. The fraction of sp³-hybridized carbons (Fsp3) is 0.364. The highest BCUT2D eigenvalue weighted by Crippen LogP contribution is 2.12. The van der Waals surface area contributed by atoms with Crippen molar-refractivity contribution >= 4 is 11.8 Å². The zero-order chi connectivity index (χ0) is 18.8. The molecule has 1 atom stereocenters. The third kappa shape index (κ3) is 5.73. The molecule has 0 radical (unpaired) electrons. The Balaban J connectivity index is 2.15. The van der Waals surface area contributed by atoms with E-state index in [4.69, 9.17) is 0 Å². The smallest absolute Gasteiger partial charge is 0.242 e. The van der Waals surface area contributed by atoms with Gasteiger partial charge in [0.25, 0.3) is 0 Å². The van der Waals surface area contributed by atoms with Gasteiger partial charge in [0.2, 0.25) is 11.8 Å². The van der Waals surface area contributed by atoms with Crippen LogP contribution in [0.25, 0.3) is 0 Å². The Kier molecular flexibility index (Phi) is 7.87. The lowest BCUT2D eigenvalue weighted by Gasteiger charge is -2.30. The second-order valence-corrected chi connectivity index (χ2v) is 6.30. The topological polar surface area (TPSA) is 49.4 Å². The Morgan fingerprint density at radius 2 is 1.50 bits per heavy atom. The third-order valence-electron chi connectivity index (χ3n) is 4.42. The minimum absolute atomic E-state index is 0.00904. The van der Waals surface area contributed by atoms with Crippen LogP contribution in [-0.2, 0) is 22.4 Å². The van der Waals surface area contributed by atoms with E-state index in [1.54, 1.807) is 4.90 Å². The Bertz CT molecular complexity index is 686. The van der Waals surface area contributed by atoms with E-state index < -0.39 is 6.04 Å². The van der Waals surface area contributed by atoms with Crippen LogP contribution in [0.15, 0.2) is 60.7 Å². The summed E-state index contributed by atoms with van der Waals surface area (Å²) in [5, 5.41) is 2.86. The van der Waals surface area contributed by atoms with E-state index in [0.29, 0.717) is 25.9 Å². The number of hydrogen-bond donors (Lipinski definition) is 1. The molecule has 0 saturated heterocycles. The standard InChI is InChI=1S/C22H28N2O2/c1-3-20(22(26)23-4-2)24(16-15-18-11-7-5-8-12-18)21(25)17-19-13-9-6-10-14-19/h5-14,20H,3-4,15-17H2,1-2H3,(H,23,26)/t20-/m0/s1. The summed E-state index contributed by atoms with van der Waals surface area (Å²) >= 11 is 0. The summed E-state index contributed by atoms with van der Waals surface area (Å²) in [6.07, 6.45) is 1.64. The highest BCUT2D eigenvalue weighted by atomic mass is 16.2. The van der Waals surface area contributed by atoms with E-state index in [1.165, 1.54) is 0 Å². The molecule has 0 aliphatic carbocycles. The lowest BCUT2D eigenvalue weighted by molar-refractivity contribution is -0.140. The molecule has 4 heteroatoms. The first kappa shape index (κ1) is 19.7. The molecule has 0 bridgehead atoms. The number of amides is 2. The zero-order valence-electron chi connectivity index (χ0n) is 15.7. The number of benzene rings is 2. The molecule has 0 aliphatic rings. The monoisotopic (exact) mass is 352 g/mol. The summed E-state index contributed by atoms with van der Waals surface area (Å²) in [5.74, 6) is -0.0882. The molecule has 0 heterocycles. The number of nitrogens with zero attached hydrogens (tertiary/aromatic N) is 1. The Labute approximate surface area is 156 Å². The molecular weight excluding hydrogens is 324 g/mol. The van der Waals surface area contributed by atoms with Crippen molar-refractivity contribution < 1.29 is 9.59 Å². The van der Waals surface area contributed by atoms with Crippen LogP contribution in [0.4, 0.5) is 0 Å². The van der Waals surface area contributed by atoms with Crippen molar-refractivity contribution in [1.29, 1.82) is 0 Å². The van der Waals surface area contributed by atoms with Gasteiger partial charge in [-0.2, -0.15) is 0 Å². The van der Waals surface area contributed by atoms with Gasteiger partial charge in [-0.1, -0.05) is 67.6 Å². The van der Waals surface area contributed by atoms with Crippen molar-refractivity contribution in [2.75, 3.05) is 13.1 Å². The summed E-state index contributed by atoms with van der Waals surface area (Å²) in [5.41, 5.74) is 2.13. The van der Waals surface area contributed by atoms with Gasteiger partial charge in [0.05, 0.1) is 6.42 Å². The first-order chi connectivity index (χ1) is 12.7. The minimum Gasteiger partial charge on any atom is -0.355 e. The average molecular weight is 352 g/mol. The summed E-state index contributed by atoms with van der Waals surface area (Å²) in [6, 6.07) is 19.3. The Morgan fingerprint density at radius 3 is 2.04 bits per heavy atom. The molecule has 4 nitrogen and oxygen atoms in total. The number of rotatable bonds is 9. The fourth-order valence-corrected chi connectivity index (χ4v) is 3.06. The van der Waals surface area contributed by atoms with Crippen molar-refractivity contribution in [3.05, 3.63) is 71.8 Å². The van der Waals surface area contributed by atoms with Gasteiger partial charge in [-0.3, -0.25) is 9.59 Å². The maximum Gasteiger partial charge on any atom is 0.242 e. The quantitative estimate of drug-likeness (QED) is 0.753. The van der Waals surface area contributed by atoms with Crippen molar-refractivity contribution in [2.45, 2.75) is 39.2 Å². The molecule has 26 heavy (non-hydrogen) atoms. The van der Waals surface area contributed by atoms with Crippen LogP contribution < -0.4 is 5.32 Å². The Hall–Kier alpha value is -2.62. The first-order valence-electron chi connectivity index (χ1n) is 9.30. The van der Waals surface area contributed by atoms with Crippen molar-refractivity contribution in [3.8, 4) is 0 Å². The predicted octanol–water partition coefficient (Wildman–Crippen LogP) is 3.22. The molecule has 2 rings (SSSR count). The molecule has 2 amide bonds. The van der Waals surface area contributed by atoms with Crippen LogP contribution in [0.3, 0.4) is 0 Å². The molecular formula is C22H28N2O2. The van der Waals surface area contributed by atoms with E-state index in [0.717, 1.165) is 17.5 Å². The van der Waals surface area contributed by atoms with Crippen LogP contribution in [-0.4, -0.2) is 35.8 Å². The van der Waals surface area contributed by atoms with Crippen molar-refractivity contribution in [3.63, 3.8) is 0 Å². The van der Waals surface area contributed by atoms with Gasteiger partial charge in [0, 0.05) is 13.1 Å². The highest BCUT2D eigenvalue weighted by Gasteiger charge is 2.27. The molecule has 2 aromatic rings. The van der Waals surface area contributed by atoms with Gasteiger partial charge in [-0.25, -0.2) is 0 Å². The molecule has 2 aromatic carbocycles. The zero-order valence-corrected chi connectivity index (χ0v) is 15.7. The van der Waals surface area contributed by atoms with Gasteiger partial charge in [0.1, 0.15) is 6.04 Å². The van der Waals surface area contributed by atoms with Crippen molar-refractivity contribution in [1.82, 2.24) is 10.2 Å². The number of likely N-dealkylation sites (N-methyl/N-ethyl adjacent to an activating group) is 1. The van der Waals surface area contributed by atoms with E-state index in [1.807, 2.05) is 74.5 Å². The maximum absolute atomic E-state index is 13.0. The number of hydrogen-bond acceptors (Lipinski definition) is 2. The second kappa shape index (κ2) is 10.4. The number of nitrogens with one attached hydrogen (secondary N) is 1. The molecule has 1 N–H and O–H groups in total. The number of carbonyl (C=O) groups is 2. The van der Waals surface area contributed by atoms with E-state index >= 15 is 0 Å². The lowest BCUT2D eigenvalue weighted by Crippen LogP contribution is -2.50. The summed E-state index contributed by atoms with van der Waals surface area (Å²) in [6.45, 7) is 4.94. The minimum atomic E-state index is -0.435. The summed E-state index contributed by atoms with van der Waals surface area (Å²) < 4.78 is 0. The van der Waals surface area contributed by atoms with Gasteiger partial charge in [0.15, 0.2) is 0 Å². The summed E-state index contributed by atoms with van der Waals surface area (Å²) in [7, 11) is 0. The maximum atomic E-state index is 13.0. The van der Waals surface area contributed by atoms with Gasteiger partial charge < -0.3 is 10.2 Å². The highest BCUT2D eigenvalue weighted by molar-refractivity contribution is 5.88. The van der Waals surface area contributed by atoms with Crippen molar-refractivity contribution in [2.24, 2.45) is 0 Å². The lowest BCUT2D eigenvalue weighted by atomic mass is 10.1. The van der Waals surface area contributed by atoms with Crippen LogP contribution in [0.2, 0.25) is 0 Å². The number of carbonyl (C=O) groups excluding carboxylic acids is 2. The first-order valence-corrected chi connectivity index (χ1v) is 9.30. The second-order valence-electron chi connectivity index (χ2n) is 6.30. The molecule has 0 spiro atoms. The normalized spacial score (nSPS) is 11.6.